The van der Waals surface area contributed by atoms with Crippen molar-refractivity contribution in [3.63, 3.8) is 0 Å². The smallest absolute Gasteiger partial charge is 0.870 e. The molecule has 0 bridgehead atoms. The molecule has 0 saturated carbocycles. The van der Waals surface area contributed by atoms with Crippen LogP contribution in [0.5, 0.6) is 0 Å². The Morgan fingerprint density at radius 2 is 1.86 bits per heavy atom. The van der Waals surface area contributed by atoms with Crippen molar-refractivity contribution in [3.8, 4) is 0 Å². The average molecular weight is 226 g/mol. The minimum absolute atomic E-state index is 0. The van der Waals surface area contributed by atoms with Crippen molar-refractivity contribution in [1.82, 2.24) is 0 Å². The number of nitrogens with zero attached hydrogens (tertiary/aromatic N) is 1. The van der Waals surface area contributed by atoms with Gasteiger partial charge in [-0.1, -0.05) is 17.0 Å². The van der Waals surface area contributed by atoms with E-state index in [1.165, 1.54) is 18.2 Å². The minimum atomic E-state index is -2.41. The van der Waals surface area contributed by atoms with Gasteiger partial charge in [-0.2, -0.15) is 0 Å². The van der Waals surface area contributed by atoms with Crippen LogP contribution < -0.4 is 29.6 Å². The Morgan fingerprint density at radius 1 is 1.29 bits per heavy atom. The van der Waals surface area contributed by atoms with Crippen molar-refractivity contribution in [2.24, 2.45) is 0 Å². The quantitative estimate of drug-likeness (QED) is 0.253. The first kappa shape index (κ1) is 16.0. The molecule has 0 heterocycles. The van der Waals surface area contributed by atoms with E-state index in [9.17, 15) is 18.5 Å². The molecule has 0 amide bonds. The van der Waals surface area contributed by atoms with Gasteiger partial charge in [-0.05, 0) is 10.7 Å². The van der Waals surface area contributed by atoms with E-state index in [0.29, 0.717) is 0 Å². The molecule has 1 aromatic rings. The summed E-state index contributed by atoms with van der Waals surface area (Å²) in [5.41, 5.74) is -0.225. The Bertz CT molecular complexity index is 384. The molecular formula is C6H5NNaO5S-. The molecule has 1 aromatic carbocycles. The first-order valence-corrected chi connectivity index (χ1v) is 4.02. The molecule has 0 aliphatic carbocycles. The Balaban J connectivity index is 0. The largest absolute Gasteiger partial charge is 1.00 e. The SMILES string of the molecule is O=[N+]([O-])c1cccc([S-](=O)=O)c1.[Na+].[OH-]. The van der Waals surface area contributed by atoms with Gasteiger partial charge < -0.3 is 13.9 Å². The fourth-order valence-electron chi connectivity index (χ4n) is 0.701. The van der Waals surface area contributed by atoms with Gasteiger partial charge in [0.25, 0.3) is 5.69 Å². The third-order valence-electron chi connectivity index (χ3n) is 1.22. The zero-order valence-corrected chi connectivity index (χ0v) is 10.1. The molecular weight excluding hydrogens is 221 g/mol. The van der Waals surface area contributed by atoms with Gasteiger partial charge in [0.1, 0.15) is 0 Å². The van der Waals surface area contributed by atoms with E-state index < -0.39 is 15.6 Å². The van der Waals surface area contributed by atoms with E-state index in [-0.39, 0.29) is 45.6 Å². The van der Waals surface area contributed by atoms with Gasteiger partial charge in [-0.15, -0.1) is 0 Å². The third kappa shape index (κ3) is 4.16. The molecule has 0 radical (unpaired) electrons. The zero-order chi connectivity index (χ0) is 9.14. The van der Waals surface area contributed by atoms with Crippen LogP contribution in [-0.2, 0) is 19.1 Å². The number of hydrogen-bond acceptors (Lipinski definition) is 6. The van der Waals surface area contributed by atoms with Gasteiger partial charge in [0, 0.05) is 12.1 Å². The Kier molecular flexibility index (Phi) is 7.88. The normalized spacial score (nSPS) is 8.64. The summed E-state index contributed by atoms with van der Waals surface area (Å²) >= 11 is 0. The predicted octanol–water partition coefficient (Wildman–Crippen LogP) is -1.91. The zero-order valence-electron chi connectivity index (χ0n) is 7.25. The van der Waals surface area contributed by atoms with Crippen LogP contribution in [0.25, 0.3) is 0 Å². The van der Waals surface area contributed by atoms with Crippen LogP contribution in [0.15, 0.2) is 29.2 Å². The number of nitro benzene ring substituents is 1. The molecule has 72 valence electrons. The van der Waals surface area contributed by atoms with Gasteiger partial charge in [0.2, 0.25) is 0 Å². The van der Waals surface area contributed by atoms with Crippen molar-refractivity contribution in [3.05, 3.63) is 34.4 Å². The first-order chi connectivity index (χ1) is 5.61. The van der Waals surface area contributed by atoms with Crippen molar-refractivity contribution in [2.45, 2.75) is 4.90 Å². The van der Waals surface area contributed by atoms with E-state index in [0.717, 1.165) is 6.07 Å². The minimum Gasteiger partial charge on any atom is -0.870 e. The van der Waals surface area contributed by atoms with Gasteiger partial charge >= 0.3 is 29.6 Å². The van der Waals surface area contributed by atoms with E-state index >= 15 is 0 Å². The monoisotopic (exact) mass is 226 g/mol. The van der Waals surface area contributed by atoms with E-state index in [1.807, 2.05) is 0 Å². The number of hydrogen-bond donors (Lipinski definition) is 0. The molecule has 6 nitrogen and oxygen atoms in total. The molecule has 0 aromatic heterocycles. The standard InChI is InChI=1S/C6H4NO4S.Na.H2O/c8-7(9)5-2-1-3-6(4-5)12(10)11;;/h1-4H;;1H2/q-1;+1;/p-1. The third-order valence-corrected chi connectivity index (χ3v) is 1.86. The van der Waals surface area contributed by atoms with Gasteiger partial charge in [0.05, 0.1) is 4.92 Å². The van der Waals surface area contributed by atoms with Crippen molar-refractivity contribution >= 4 is 16.4 Å². The summed E-state index contributed by atoms with van der Waals surface area (Å²) in [6.07, 6.45) is 0. The van der Waals surface area contributed by atoms with Crippen molar-refractivity contribution in [2.75, 3.05) is 0 Å². The van der Waals surface area contributed by atoms with Crippen LogP contribution in [-0.4, -0.2) is 10.4 Å². The number of non-ortho nitro benzene ring substituents is 1. The number of rotatable bonds is 2. The maximum absolute atomic E-state index is 10.4. The fourth-order valence-corrected chi connectivity index (χ4v) is 1.11. The summed E-state index contributed by atoms with van der Waals surface area (Å²) in [7, 11) is -2.41. The van der Waals surface area contributed by atoms with E-state index in [4.69, 9.17) is 0 Å². The number of benzene rings is 1. The van der Waals surface area contributed by atoms with Gasteiger partial charge in [-0.3, -0.25) is 10.1 Å². The Labute approximate surface area is 104 Å². The summed E-state index contributed by atoms with van der Waals surface area (Å²) in [6, 6.07) is 4.85. The molecule has 0 saturated heterocycles. The second-order valence-electron chi connectivity index (χ2n) is 1.99. The Morgan fingerprint density at radius 3 is 2.29 bits per heavy atom. The summed E-state index contributed by atoms with van der Waals surface area (Å²) in [5, 5.41) is 10.2. The maximum Gasteiger partial charge on any atom is 1.00 e. The van der Waals surface area contributed by atoms with Crippen LogP contribution in [0.2, 0.25) is 0 Å². The molecule has 0 aliphatic rings. The predicted molar refractivity (Wildman–Crippen MR) is 42.0 cm³/mol. The molecule has 14 heavy (non-hydrogen) atoms. The summed E-state index contributed by atoms with van der Waals surface area (Å²) in [6.45, 7) is 0. The van der Waals surface area contributed by atoms with E-state index in [1.54, 1.807) is 0 Å². The topological polar surface area (TPSA) is 107 Å². The average Bonchev–Trinajstić information content (AvgIpc) is 2.04. The van der Waals surface area contributed by atoms with E-state index in [2.05, 4.69) is 0 Å². The molecule has 0 aliphatic heterocycles. The summed E-state index contributed by atoms with van der Waals surface area (Å²) in [4.78, 5) is 9.46. The molecule has 1 rings (SSSR count). The molecule has 1 N–H and O–H groups in total. The molecule has 0 atom stereocenters. The van der Waals surface area contributed by atoms with Crippen molar-refractivity contribution in [1.29, 1.82) is 0 Å². The van der Waals surface area contributed by atoms with Crippen LogP contribution in [0.1, 0.15) is 0 Å². The summed E-state index contributed by atoms with van der Waals surface area (Å²) in [5.74, 6) is 0. The van der Waals surface area contributed by atoms with Crippen molar-refractivity contribution < 1.29 is 48.4 Å². The second-order valence-corrected chi connectivity index (χ2v) is 2.93. The second kappa shape index (κ2) is 6.91. The summed E-state index contributed by atoms with van der Waals surface area (Å²) < 4.78 is 20.7. The molecule has 0 fully saturated rings. The first-order valence-electron chi connectivity index (χ1n) is 2.95. The maximum atomic E-state index is 10.4. The fraction of sp³-hybridized carbons (Fsp3) is 0. The molecule has 0 spiro atoms. The van der Waals surface area contributed by atoms with Gasteiger partial charge in [-0.25, -0.2) is 0 Å². The Hall–Kier alpha value is -0.470. The van der Waals surface area contributed by atoms with Crippen LogP contribution in [0.4, 0.5) is 5.69 Å². The molecule has 8 heteroatoms. The molecule has 0 unspecified atom stereocenters. The van der Waals surface area contributed by atoms with Crippen LogP contribution in [0.3, 0.4) is 0 Å². The van der Waals surface area contributed by atoms with Crippen LogP contribution >= 0.6 is 0 Å². The van der Waals surface area contributed by atoms with Crippen LogP contribution in [0, 0.1) is 10.1 Å². The number of nitro groups is 1. The van der Waals surface area contributed by atoms with Gasteiger partial charge in [0.15, 0.2) is 0 Å².